The lowest BCUT2D eigenvalue weighted by atomic mass is 9.95. The summed E-state index contributed by atoms with van der Waals surface area (Å²) in [6.07, 6.45) is 5.47. The standard InChI is InChI=1S/C15H22ClNO/c1-2-10-17-11-15(18-14-4-3-5-14)12-6-8-13(16)9-7-12/h6-9,14-15,17H,2-5,10-11H2,1H3. The van der Waals surface area contributed by atoms with Gasteiger partial charge in [0.25, 0.3) is 0 Å². The van der Waals surface area contributed by atoms with Crippen molar-refractivity contribution in [1.82, 2.24) is 5.32 Å². The van der Waals surface area contributed by atoms with Gasteiger partial charge in [0.1, 0.15) is 0 Å². The van der Waals surface area contributed by atoms with Crippen molar-refractivity contribution in [2.45, 2.75) is 44.8 Å². The van der Waals surface area contributed by atoms with E-state index >= 15 is 0 Å². The topological polar surface area (TPSA) is 21.3 Å². The van der Waals surface area contributed by atoms with E-state index in [0.29, 0.717) is 6.10 Å². The van der Waals surface area contributed by atoms with Gasteiger partial charge in [-0.25, -0.2) is 0 Å². The van der Waals surface area contributed by atoms with Crippen LogP contribution < -0.4 is 5.32 Å². The number of benzene rings is 1. The molecule has 0 aromatic heterocycles. The lowest BCUT2D eigenvalue weighted by Gasteiger charge is -2.31. The van der Waals surface area contributed by atoms with E-state index in [2.05, 4.69) is 24.4 Å². The third-order valence-electron chi connectivity index (χ3n) is 3.41. The van der Waals surface area contributed by atoms with Gasteiger partial charge in [0.2, 0.25) is 0 Å². The molecule has 0 aliphatic heterocycles. The van der Waals surface area contributed by atoms with Crippen molar-refractivity contribution in [3.8, 4) is 0 Å². The van der Waals surface area contributed by atoms with Crippen LogP contribution in [0.5, 0.6) is 0 Å². The smallest absolute Gasteiger partial charge is 0.0952 e. The second-order valence-electron chi connectivity index (χ2n) is 4.93. The van der Waals surface area contributed by atoms with E-state index < -0.39 is 0 Å². The molecule has 0 spiro atoms. The van der Waals surface area contributed by atoms with Crippen LogP contribution in [0.15, 0.2) is 24.3 Å². The van der Waals surface area contributed by atoms with Crippen LogP contribution >= 0.6 is 11.6 Å². The number of hydrogen-bond acceptors (Lipinski definition) is 2. The fraction of sp³-hybridized carbons (Fsp3) is 0.600. The maximum Gasteiger partial charge on any atom is 0.0952 e. The van der Waals surface area contributed by atoms with E-state index in [0.717, 1.165) is 24.5 Å². The van der Waals surface area contributed by atoms with Gasteiger partial charge in [-0.15, -0.1) is 0 Å². The molecule has 1 aromatic rings. The highest BCUT2D eigenvalue weighted by atomic mass is 35.5. The van der Waals surface area contributed by atoms with Crippen LogP contribution in [0.25, 0.3) is 0 Å². The molecule has 2 nitrogen and oxygen atoms in total. The van der Waals surface area contributed by atoms with Crippen LogP contribution in [0.2, 0.25) is 5.02 Å². The summed E-state index contributed by atoms with van der Waals surface area (Å²) in [6.45, 7) is 4.10. The van der Waals surface area contributed by atoms with Crippen LogP contribution in [0, 0.1) is 0 Å². The van der Waals surface area contributed by atoms with E-state index in [1.165, 1.54) is 24.8 Å². The van der Waals surface area contributed by atoms with Crippen molar-refractivity contribution in [3.63, 3.8) is 0 Å². The molecule has 0 radical (unpaired) electrons. The molecule has 0 amide bonds. The fourth-order valence-corrected chi connectivity index (χ4v) is 2.20. The number of halogens is 1. The Kier molecular flexibility index (Phi) is 5.48. The van der Waals surface area contributed by atoms with Gasteiger partial charge in [0, 0.05) is 11.6 Å². The van der Waals surface area contributed by atoms with E-state index in [1.807, 2.05) is 12.1 Å². The molecule has 1 aromatic carbocycles. The first-order chi connectivity index (χ1) is 8.79. The first-order valence-corrected chi connectivity index (χ1v) is 7.29. The average molecular weight is 268 g/mol. The SMILES string of the molecule is CCCNCC(OC1CCC1)c1ccc(Cl)cc1. The maximum absolute atomic E-state index is 6.15. The van der Waals surface area contributed by atoms with Crippen molar-refractivity contribution in [2.75, 3.05) is 13.1 Å². The Labute approximate surface area is 115 Å². The Morgan fingerprint density at radius 3 is 2.61 bits per heavy atom. The van der Waals surface area contributed by atoms with Crippen molar-refractivity contribution >= 4 is 11.6 Å². The Bertz CT molecular complexity index is 348. The lowest BCUT2D eigenvalue weighted by molar-refractivity contribution is -0.0518. The summed E-state index contributed by atoms with van der Waals surface area (Å²) in [6, 6.07) is 8.01. The van der Waals surface area contributed by atoms with E-state index in [-0.39, 0.29) is 6.10 Å². The van der Waals surface area contributed by atoms with Crippen molar-refractivity contribution in [2.24, 2.45) is 0 Å². The molecule has 1 unspecified atom stereocenters. The molecule has 1 atom stereocenters. The summed E-state index contributed by atoms with van der Waals surface area (Å²) in [4.78, 5) is 0. The van der Waals surface area contributed by atoms with Gasteiger partial charge in [0.15, 0.2) is 0 Å². The van der Waals surface area contributed by atoms with E-state index in [4.69, 9.17) is 16.3 Å². The molecule has 0 heterocycles. The molecule has 1 saturated carbocycles. The van der Waals surface area contributed by atoms with Crippen LogP contribution in [0.3, 0.4) is 0 Å². The van der Waals surface area contributed by atoms with Crippen LogP contribution in [-0.4, -0.2) is 19.2 Å². The molecule has 1 N–H and O–H groups in total. The summed E-state index contributed by atoms with van der Waals surface area (Å²) in [5.41, 5.74) is 1.22. The van der Waals surface area contributed by atoms with Crippen LogP contribution in [0.4, 0.5) is 0 Å². The Morgan fingerprint density at radius 1 is 1.33 bits per heavy atom. The van der Waals surface area contributed by atoms with Gasteiger partial charge in [-0.2, -0.15) is 0 Å². The largest absolute Gasteiger partial charge is 0.369 e. The quantitative estimate of drug-likeness (QED) is 0.756. The Hall–Kier alpha value is -0.570. The second kappa shape index (κ2) is 7.13. The first kappa shape index (κ1) is 13.9. The van der Waals surface area contributed by atoms with Gasteiger partial charge in [-0.1, -0.05) is 30.7 Å². The minimum absolute atomic E-state index is 0.152. The number of rotatable bonds is 7. The minimum atomic E-state index is 0.152. The number of hydrogen-bond donors (Lipinski definition) is 1. The molecular formula is C15H22ClNO. The third-order valence-corrected chi connectivity index (χ3v) is 3.66. The number of nitrogens with one attached hydrogen (secondary N) is 1. The van der Waals surface area contributed by atoms with E-state index in [9.17, 15) is 0 Å². The zero-order chi connectivity index (χ0) is 12.8. The van der Waals surface area contributed by atoms with E-state index in [1.54, 1.807) is 0 Å². The molecule has 1 aliphatic carbocycles. The van der Waals surface area contributed by atoms with Gasteiger partial charge in [-0.05, 0) is 49.9 Å². The highest BCUT2D eigenvalue weighted by Gasteiger charge is 2.23. The number of ether oxygens (including phenoxy) is 1. The Morgan fingerprint density at radius 2 is 2.06 bits per heavy atom. The fourth-order valence-electron chi connectivity index (χ4n) is 2.07. The minimum Gasteiger partial charge on any atom is -0.369 e. The normalized spacial score (nSPS) is 17.4. The first-order valence-electron chi connectivity index (χ1n) is 6.91. The highest BCUT2D eigenvalue weighted by Crippen LogP contribution is 2.29. The zero-order valence-corrected chi connectivity index (χ0v) is 11.7. The molecule has 0 saturated heterocycles. The summed E-state index contributed by atoms with van der Waals surface area (Å²) in [7, 11) is 0. The summed E-state index contributed by atoms with van der Waals surface area (Å²) < 4.78 is 6.15. The van der Waals surface area contributed by atoms with Crippen LogP contribution in [0.1, 0.15) is 44.3 Å². The third kappa shape index (κ3) is 3.98. The average Bonchev–Trinajstić information content (AvgIpc) is 2.33. The van der Waals surface area contributed by atoms with Crippen molar-refractivity contribution < 1.29 is 4.74 Å². The highest BCUT2D eigenvalue weighted by molar-refractivity contribution is 6.30. The molecule has 18 heavy (non-hydrogen) atoms. The lowest BCUT2D eigenvalue weighted by Crippen LogP contribution is -2.30. The molecule has 1 fully saturated rings. The zero-order valence-electron chi connectivity index (χ0n) is 11.0. The summed E-state index contributed by atoms with van der Waals surface area (Å²) in [5.74, 6) is 0. The predicted octanol–water partition coefficient (Wildman–Crippen LogP) is 3.95. The molecule has 100 valence electrons. The summed E-state index contributed by atoms with van der Waals surface area (Å²) in [5, 5.41) is 4.22. The van der Waals surface area contributed by atoms with Gasteiger partial charge in [-0.3, -0.25) is 0 Å². The monoisotopic (exact) mass is 267 g/mol. The maximum atomic E-state index is 6.15. The molecule has 0 bridgehead atoms. The Balaban J connectivity index is 1.95. The predicted molar refractivity (Wildman–Crippen MR) is 76.1 cm³/mol. The van der Waals surface area contributed by atoms with Gasteiger partial charge >= 0.3 is 0 Å². The molecular weight excluding hydrogens is 246 g/mol. The van der Waals surface area contributed by atoms with Gasteiger partial charge < -0.3 is 10.1 Å². The second-order valence-corrected chi connectivity index (χ2v) is 5.37. The van der Waals surface area contributed by atoms with Crippen LogP contribution in [-0.2, 0) is 4.74 Å². The summed E-state index contributed by atoms with van der Waals surface area (Å²) >= 11 is 5.93. The molecule has 2 rings (SSSR count). The van der Waals surface area contributed by atoms with Gasteiger partial charge in [0.05, 0.1) is 12.2 Å². The van der Waals surface area contributed by atoms with Crippen molar-refractivity contribution in [1.29, 1.82) is 0 Å². The molecule has 3 heteroatoms. The molecule has 1 aliphatic rings. The van der Waals surface area contributed by atoms with Crippen molar-refractivity contribution in [3.05, 3.63) is 34.9 Å².